The smallest absolute Gasteiger partial charge is 0.304 e. The largest absolute Gasteiger partial charge is 0.463 e. The molecule has 0 radical (unpaired) electrons. The molecule has 204 valence electrons. The second kappa shape index (κ2) is 13.2. The molecule has 2 saturated heterocycles. The van der Waals surface area contributed by atoms with E-state index in [1.165, 1.54) is 13.8 Å². The number of nitrogens with zero attached hydrogens (tertiary/aromatic N) is 3. The fourth-order valence-corrected chi connectivity index (χ4v) is 4.88. The maximum atomic E-state index is 11.7. The normalized spacial score (nSPS) is 35.7. The summed E-state index contributed by atoms with van der Waals surface area (Å²) in [6, 6.07) is 9.09. The van der Waals surface area contributed by atoms with Gasteiger partial charge in [0.1, 0.15) is 18.8 Å². The van der Waals surface area contributed by atoms with E-state index in [4.69, 9.17) is 34.0 Å². The number of carbonyl (C=O) groups excluding carboxylic acids is 2. The molecule has 37 heavy (non-hydrogen) atoms. The monoisotopic (exact) mass is 519 g/mol. The molecule has 1 aromatic rings. The molecule has 0 bridgehead atoms. The maximum Gasteiger partial charge on any atom is 0.304 e. The summed E-state index contributed by atoms with van der Waals surface area (Å²) in [5.41, 5.74) is 10.2. The van der Waals surface area contributed by atoms with Crippen molar-refractivity contribution in [1.29, 1.82) is 0 Å². The van der Waals surface area contributed by atoms with E-state index in [0.717, 1.165) is 5.56 Å². The molecule has 11 heteroatoms. The second-order valence-corrected chi connectivity index (χ2v) is 9.80. The Bertz CT molecular complexity index is 956. The van der Waals surface area contributed by atoms with Crippen LogP contribution in [0.4, 0.5) is 0 Å². The highest BCUT2D eigenvalue weighted by Crippen LogP contribution is 2.38. The predicted octanol–water partition coefficient (Wildman–Crippen LogP) is 4.14. The van der Waals surface area contributed by atoms with E-state index < -0.39 is 48.7 Å². The number of esters is 2. The van der Waals surface area contributed by atoms with Crippen LogP contribution in [-0.4, -0.2) is 61.6 Å². The average Bonchev–Trinajstić information content (AvgIpc) is 2.85. The molecule has 0 N–H and O–H groups in total. The third-order valence-corrected chi connectivity index (χ3v) is 7.06. The van der Waals surface area contributed by atoms with Gasteiger partial charge in [0, 0.05) is 30.6 Å². The van der Waals surface area contributed by atoms with E-state index in [2.05, 4.69) is 16.9 Å². The van der Waals surface area contributed by atoms with E-state index in [1.807, 2.05) is 51.1 Å². The highest BCUT2D eigenvalue weighted by molar-refractivity contribution is 5.66. The van der Waals surface area contributed by atoms with Crippen LogP contribution in [0.5, 0.6) is 0 Å². The lowest BCUT2D eigenvalue weighted by molar-refractivity contribution is -0.321. The molecule has 3 rings (SSSR count). The Kier molecular flexibility index (Phi) is 10.3. The minimum Gasteiger partial charge on any atom is -0.463 e. The Labute approximate surface area is 217 Å². The summed E-state index contributed by atoms with van der Waals surface area (Å²) in [6.07, 6.45) is -3.60. The molecule has 0 aromatic heterocycles. The highest BCUT2D eigenvalue weighted by atomic mass is 16.7. The minimum atomic E-state index is -1.14. The molecule has 0 aliphatic carbocycles. The Morgan fingerprint density at radius 1 is 0.946 bits per heavy atom. The quantitative estimate of drug-likeness (QED) is 0.205. The standard InChI is InChI=1S/C26H37N3O8/c1-14-17(4)34-25(16(3)23(14)33-12-20-10-8-7-9-11-20)37-24-15(2)22(28-29-27)26(35-19(6)31)36-21(24)13-32-18(5)30/h7-11,14-17,21-26H,12-13H2,1-6H3/t14-,15-,16?,17?,21?,22?,23-,24+,25+,26+/m1/s1. The van der Waals surface area contributed by atoms with Crippen molar-refractivity contribution in [3.05, 3.63) is 46.3 Å². The molecule has 10 atom stereocenters. The predicted molar refractivity (Wildman–Crippen MR) is 132 cm³/mol. The van der Waals surface area contributed by atoms with Crippen LogP contribution in [0.3, 0.4) is 0 Å². The third kappa shape index (κ3) is 7.43. The number of hydrogen-bond acceptors (Lipinski definition) is 9. The van der Waals surface area contributed by atoms with Crippen LogP contribution in [0.15, 0.2) is 35.4 Å². The summed E-state index contributed by atoms with van der Waals surface area (Å²) in [5.74, 6) is -1.58. The Morgan fingerprint density at radius 3 is 2.27 bits per heavy atom. The number of azide groups is 1. The maximum absolute atomic E-state index is 11.7. The first-order valence-electron chi connectivity index (χ1n) is 12.6. The van der Waals surface area contributed by atoms with Gasteiger partial charge in [-0.05, 0) is 23.9 Å². The molecule has 2 heterocycles. The SMILES string of the molecule is CC(=O)OCC1O[C@H](OC(C)=O)C(N=[N+]=[N-])[C@@H](C)[C@@H]1O[C@@H]1OC(C)[C@@H](C)[C@@H](OCc2ccccc2)C1C. The topological polar surface area (TPSA) is 138 Å². The van der Waals surface area contributed by atoms with Crippen molar-refractivity contribution in [3.8, 4) is 0 Å². The molecule has 2 aliphatic heterocycles. The first-order chi connectivity index (χ1) is 17.6. The lowest BCUT2D eigenvalue weighted by atomic mass is 9.85. The van der Waals surface area contributed by atoms with Gasteiger partial charge in [0.2, 0.25) is 6.29 Å². The van der Waals surface area contributed by atoms with Crippen LogP contribution in [0.25, 0.3) is 10.4 Å². The van der Waals surface area contributed by atoms with E-state index in [9.17, 15) is 9.59 Å². The lowest BCUT2D eigenvalue weighted by Crippen LogP contribution is -2.59. The molecule has 0 spiro atoms. The van der Waals surface area contributed by atoms with Crippen molar-refractivity contribution in [2.75, 3.05) is 6.61 Å². The van der Waals surface area contributed by atoms with Gasteiger partial charge in [-0.25, -0.2) is 0 Å². The summed E-state index contributed by atoms with van der Waals surface area (Å²) >= 11 is 0. The van der Waals surface area contributed by atoms with E-state index in [1.54, 1.807) is 0 Å². The molecule has 0 saturated carbocycles. The van der Waals surface area contributed by atoms with Crippen molar-refractivity contribution in [3.63, 3.8) is 0 Å². The van der Waals surface area contributed by atoms with E-state index >= 15 is 0 Å². The summed E-state index contributed by atoms with van der Waals surface area (Å²) in [7, 11) is 0. The third-order valence-electron chi connectivity index (χ3n) is 7.06. The van der Waals surface area contributed by atoms with Gasteiger partial charge in [0.05, 0.1) is 24.9 Å². The number of rotatable bonds is 9. The molecule has 0 amide bonds. The Hall–Kier alpha value is -2.69. The van der Waals surface area contributed by atoms with Crippen LogP contribution in [-0.2, 0) is 44.6 Å². The van der Waals surface area contributed by atoms with Crippen molar-refractivity contribution in [1.82, 2.24) is 0 Å². The molecular weight excluding hydrogens is 482 g/mol. The fraction of sp³-hybridized carbons (Fsp3) is 0.692. The summed E-state index contributed by atoms with van der Waals surface area (Å²) in [6.45, 7) is 10.7. The van der Waals surface area contributed by atoms with Crippen molar-refractivity contribution in [2.45, 2.75) is 91.2 Å². The summed E-state index contributed by atoms with van der Waals surface area (Å²) < 4.78 is 35.5. The molecule has 4 unspecified atom stereocenters. The molecular formula is C26H37N3O8. The first-order valence-corrected chi connectivity index (χ1v) is 12.6. The zero-order chi connectivity index (χ0) is 27.1. The number of hydrogen-bond donors (Lipinski definition) is 0. The number of benzene rings is 1. The highest BCUT2D eigenvalue weighted by Gasteiger charge is 2.49. The second-order valence-electron chi connectivity index (χ2n) is 9.80. The number of ether oxygens (including phenoxy) is 6. The van der Waals surface area contributed by atoms with Crippen LogP contribution in [0.1, 0.15) is 47.1 Å². The van der Waals surface area contributed by atoms with Gasteiger partial charge in [-0.15, -0.1) is 0 Å². The fourth-order valence-electron chi connectivity index (χ4n) is 4.88. The van der Waals surface area contributed by atoms with Crippen molar-refractivity contribution < 1.29 is 38.0 Å². The molecule has 1 aromatic carbocycles. The van der Waals surface area contributed by atoms with Crippen molar-refractivity contribution in [2.24, 2.45) is 22.9 Å². The van der Waals surface area contributed by atoms with Gasteiger partial charge in [0.25, 0.3) is 0 Å². The summed E-state index contributed by atoms with van der Waals surface area (Å²) in [5, 5.41) is 3.82. The van der Waals surface area contributed by atoms with E-state index in [-0.39, 0.29) is 30.7 Å². The van der Waals surface area contributed by atoms with Gasteiger partial charge >= 0.3 is 11.9 Å². The lowest BCUT2D eigenvalue weighted by Gasteiger charge is -2.48. The van der Waals surface area contributed by atoms with E-state index in [0.29, 0.717) is 6.61 Å². The van der Waals surface area contributed by atoms with Gasteiger partial charge in [-0.1, -0.05) is 56.2 Å². The van der Waals surface area contributed by atoms with Crippen LogP contribution in [0.2, 0.25) is 0 Å². The van der Waals surface area contributed by atoms with Gasteiger partial charge < -0.3 is 28.4 Å². The van der Waals surface area contributed by atoms with Gasteiger partial charge in [-0.3, -0.25) is 9.59 Å². The van der Waals surface area contributed by atoms with Gasteiger partial charge in [0.15, 0.2) is 6.29 Å². The Morgan fingerprint density at radius 2 is 1.65 bits per heavy atom. The summed E-state index contributed by atoms with van der Waals surface area (Å²) in [4.78, 5) is 26.1. The molecule has 2 fully saturated rings. The molecule has 2 aliphatic rings. The zero-order valence-electron chi connectivity index (χ0n) is 22.2. The minimum absolute atomic E-state index is 0.111. The first kappa shape index (κ1) is 28.9. The van der Waals surface area contributed by atoms with Gasteiger partial charge in [-0.2, -0.15) is 0 Å². The number of carbonyl (C=O) groups is 2. The Balaban J connectivity index is 1.81. The van der Waals surface area contributed by atoms with Crippen molar-refractivity contribution >= 4 is 11.9 Å². The zero-order valence-corrected chi connectivity index (χ0v) is 22.2. The van der Waals surface area contributed by atoms with Crippen LogP contribution >= 0.6 is 0 Å². The molecule has 11 nitrogen and oxygen atoms in total. The van der Waals surface area contributed by atoms with Crippen LogP contribution < -0.4 is 0 Å². The average molecular weight is 520 g/mol. The van der Waals surface area contributed by atoms with Crippen LogP contribution in [0, 0.1) is 17.8 Å².